The second kappa shape index (κ2) is 6.33. The molecule has 3 nitrogen and oxygen atoms in total. The van der Waals surface area contributed by atoms with E-state index in [4.69, 9.17) is 5.41 Å². The molecule has 0 spiro atoms. The number of anilines is 1. The third-order valence-corrected chi connectivity index (χ3v) is 3.10. The van der Waals surface area contributed by atoms with Crippen LogP contribution in [0.15, 0.2) is 42.6 Å². The number of nitrogens with zero attached hydrogens (tertiary/aromatic N) is 1. The van der Waals surface area contributed by atoms with Crippen molar-refractivity contribution in [3.8, 4) is 0 Å². The van der Waals surface area contributed by atoms with Gasteiger partial charge in [-0.05, 0) is 25.0 Å². The van der Waals surface area contributed by atoms with E-state index in [9.17, 15) is 0 Å². The largest absolute Gasteiger partial charge is 0.369 e. The van der Waals surface area contributed by atoms with E-state index < -0.39 is 0 Å². The Morgan fingerprint density at radius 2 is 1.90 bits per heavy atom. The fourth-order valence-corrected chi connectivity index (χ4v) is 1.92. The summed E-state index contributed by atoms with van der Waals surface area (Å²) in [6.07, 6.45) is 1.76. The van der Waals surface area contributed by atoms with Gasteiger partial charge in [0, 0.05) is 23.9 Å². The van der Waals surface area contributed by atoms with Gasteiger partial charge in [0.2, 0.25) is 0 Å². The van der Waals surface area contributed by atoms with Crippen molar-refractivity contribution in [3.63, 3.8) is 0 Å². The lowest BCUT2D eigenvalue weighted by molar-refractivity contribution is 0.687. The van der Waals surface area contributed by atoms with Crippen LogP contribution in [0.25, 0.3) is 0 Å². The van der Waals surface area contributed by atoms with Crippen LogP contribution < -0.4 is 5.32 Å². The lowest BCUT2D eigenvalue weighted by atomic mass is 10.0. The number of aryl methyl sites for hydroxylation is 1. The second-order valence-corrected chi connectivity index (χ2v) is 5.42. The Morgan fingerprint density at radius 3 is 2.55 bits per heavy atom. The van der Waals surface area contributed by atoms with Gasteiger partial charge in [-0.2, -0.15) is 0 Å². The lowest BCUT2D eigenvalue weighted by Gasteiger charge is -2.13. The molecule has 1 heterocycles. The van der Waals surface area contributed by atoms with Crippen LogP contribution in [0.2, 0.25) is 0 Å². The van der Waals surface area contributed by atoms with Crippen molar-refractivity contribution in [1.29, 1.82) is 5.41 Å². The summed E-state index contributed by atoms with van der Waals surface area (Å²) in [6.45, 7) is 7.21. The van der Waals surface area contributed by atoms with Crippen LogP contribution >= 0.6 is 0 Å². The van der Waals surface area contributed by atoms with Crippen molar-refractivity contribution in [2.24, 2.45) is 5.92 Å². The predicted octanol–water partition coefficient (Wildman–Crippen LogP) is 3.87. The van der Waals surface area contributed by atoms with E-state index in [1.54, 1.807) is 6.20 Å². The van der Waals surface area contributed by atoms with E-state index >= 15 is 0 Å². The summed E-state index contributed by atoms with van der Waals surface area (Å²) in [5.41, 5.74) is 3.46. The number of hydrogen-bond acceptors (Lipinski definition) is 3. The first-order chi connectivity index (χ1) is 9.58. The molecule has 0 saturated carbocycles. The number of pyridine rings is 1. The number of aromatic nitrogens is 1. The molecule has 2 rings (SSSR count). The van der Waals surface area contributed by atoms with Gasteiger partial charge in [-0.3, -0.25) is 5.41 Å². The van der Waals surface area contributed by atoms with Crippen LogP contribution in [-0.2, 0) is 0 Å². The number of benzene rings is 1. The second-order valence-electron chi connectivity index (χ2n) is 5.42. The Kier molecular flexibility index (Phi) is 4.51. The summed E-state index contributed by atoms with van der Waals surface area (Å²) < 4.78 is 0. The zero-order valence-corrected chi connectivity index (χ0v) is 12.3. The molecule has 0 unspecified atom stereocenters. The summed E-state index contributed by atoms with van der Waals surface area (Å²) in [7, 11) is 0. The molecular formula is C17H21N3. The van der Waals surface area contributed by atoms with Gasteiger partial charge in [-0.15, -0.1) is 0 Å². The molecule has 0 amide bonds. The van der Waals surface area contributed by atoms with Gasteiger partial charge in [0.1, 0.15) is 5.82 Å². The normalized spacial score (nSPS) is 10.6. The fraction of sp³-hybridized carbons (Fsp3) is 0.294. The zero-order chi connectivity index (χ0) is 14.5. The topological polar surface area (TPSA) is 48.8 Å². The molecule has 0 atom stereocenters. The Bertz CT molecular complexity index is 585. The average molecular weight is 267 g/mol. The van der Waals surface area contributed by atoms with Crippen LogP contribution in [0.5, 0.6) is 0 Å². The van der Waals surface area contributed by atoms with Crippen LogP contribution in [0.3, 0.4) is 0 Å². The zero-order valence-electron chi connectivity index (χ0n) is 12.3. The van der Waals surface area contributed by atoms with Gasteiger partial charge < -0.3 is 5.32 Å². The highest BCUT2D eigenvalue weighted by molar-refractivity contribution is 6.13. The Labute approximate surface area is 120 Å². The lowest BCUT2D eigenvalue weighted by Crippen LogP contribution is -2.13. The van der Waals surface area contributed by atoms with Gasteiger partial charge in [0.25, 0.3) is 0 Å². The maximum Gasteiger partial charge on any atom is 0.135 e. The smallest absolute Gasteiger partial charge is 0.135 e. The SMILES string of the molecule is Cc1ccc(C(=N)c2cccnc2NCC(C)C)cc1. The Balaban J connectivity index is 2.27. The van der Waals surface area contributed by atoms with E-state index in [-0.39, 0.29) is 0 Å². The molecule has 20 heavy (non-hydrogen) atoms. The van der Waals surface area contributed by atoms with Gasteiger partial charge in [0.15, 0.2) is 0 Å². The summed E-state index contributed by atoms with van der Waals surface area (Å²) in [6, 6.07) is 11.8. The minimum atomic E-state index is 0.504. The molecule has 0 radical (unpaired) electrons. The van der Waals surface area contributed by atoms with Gasteiger partial charge in [-0.25, -0.2) is 4.98 Å². The summed E-state index contributed by atoms with van der Waals surface area (Å²) >= 11 is 0. The van der Waals surface area contributed by atoms with Gasteiger partial charge in [0.05, 0.1) is 5.71 Å². The molecule has 2 aromatic rings. The molecule has 0 saturated heterocycles. The van der Waals surface area contributed by atoms with Crippen LogP contribution in [0.1, 0.15) is 30.5 Å². The van der Waals surface area contributed by atoms with Crippen LogP contribution in [0, 0.1) is 18.3 Å². The molecule has 3 heteroatoms. The molecule has 2 N–H and O–H groups in total. The first-order valence-corrected chi connectivity index (χ1v) is 6.93. The predicted molar refractivity (Wildman–Crippen MR) is 84.7 cm³/mol. The third-order valence-electron chi connectivity index (χ3n) is 3.10. The minimum absolute atomic E-state index is 0.504. The summed E-state index contributed by atoms with van der Waals surface area (Å²) in [5, 5.41) is 11.7. The van der Waals surface area contributed by atoms with Crippen molar-refractivity contribution in [2.75, 3.05) is 11.9 Å². The first-order valence-electron chi connectivity index (χ1n) is 6.93. The summed E-state index contributed by atoms with van der Waals surface area (Å²) in [4.78, 5) is 4.36. The maximum atomic E-state index is 8.39. The summed E-state index contributed by atoms with van der Waals surface area (Å²) in [5.74, 6) is 1.32. The molecule has 0 aliphatic carbocycles. The van der Waals surface area contributed by atoms with Gasteiger partial charge >= 0.3 is 0 Å². The van der Waals surface area contributed by atoms with Crippen LogP contribution in [0.4, 0.5) is 5.82 Å². The first kappa shape index (κ1) is 14.3. The van der Waals surface area contributed by atoms with Crippen molar-refractivity contribution >= 4 is 11.5 Å². The van der Waals surface area contributed by atoms with Crippen LogP contribution in [-0.4, -0.2) is 17.2 Å². The Hall–Kier alpha value is -2.16. The van der Waals surface area contributed by atoms with E-state index in [1.165, 1.54) is 5.56 Å². The fourth-order valence-electron chi connectivity index (χ4n) is 1.92. The monoisotopic (exact) mass is 267 g/mol. The minimum Gasteiger partial charge on any atom is -0.369 e. The molecule has 104 valence electrons. The number of nitrogens with one attached hydrogen (secondary N) is 2. The highest BCUT2D eigenvalue weighted by Gasteiger charge is 2.10. The highest BCUT2D eigenvalue weighted by Crippen LogP contribution is 2.17. The van der Waals surface area contributed by atoms with E-state index in [0.29, 0.717) is 11.6 Å². The number of rotatable bonds is 5. The molecule has 1 aromatic heterocycles. The van der Waals surface area contributed by atoms with Gasteiger partial charge in [-0.1, -0.05) is 43.7 Å². The molecule has 0 aliphatic rings. The van der Waals surface area contributed by atoms with E-state index in [1.807, 2.05) is 43.3 Å². The standard InChI is InChI=1S/C17H21N3/c1-12(2)11-20-17-15(5-4-10-19-17)16(18)14-8-6-13(3)7-9-14/h4-10,12,18H,11H2,1-3H3,(H,19,20). The third kappa shape index (κ3) is 3.44. The van der Waals surface area contributed by atoms with Crippen molar-refractivity contribution in [2.45, 2.75) is 20.8 Å². The van der Waals surface area contributed by atoms with Crippen molar-refractivity contribution in [1.82, 2.24) is 4.98 Å². The van der Waals surface area contributed by atoms with Crippen molar-refractivity contribution < 1.29 is 0 Å². The maximum absolute atomic E-state index is 8.39. The average Bonchev–Trinajstić information content (AvgIpc) is 2.45. The Morgan fingerprint density at radius 1 is 1.20 bits per heavy atom. The molecule has 0 aliphatic heterocycles. The molecule has 0 fully saturated rings. The quantitative estimate of drug-likeness (QED) is 0.808. The van der Waals surface area contributed by atoms with Crippen molar-refractivity contribution in [3.05, 3.63) is 59.3 Å². The molecular weight excluding hydrogens is 246 g/mol. The highest BCUT2D eigenvalue weighted by atomic mass is 15.0. The van der Waals surface area contributed by atoms with E-state index in [2.05, 4.69) is 24.1 Å². The molecule has 1 aromatic carbocycles. The number of hydrogen-bond donors (Lipinski definition) is 2. The van der Waals surface area contributed by atoms with E-state index in [0.717, 1.165) is 23.5 Å². The molecule has 0 bridgehead atoms.